The average Bonchev–Trinajstić information content (AvgIpc) is 3.69. The Morgan fingerprint density at radius 1 is 1.00 bits per heavy atom. The van der Waals surface area contributed by atoms with Crippen molar-refractivity contribution in [3.63, 3.8) is 0 Å². The molecule has 0 aliphatic rings. The van der Waals surface area contributed by atoms with Crippen molar-refractivity contribution in [1.29, 1.82) is 0 Å². The third kappa shape index (κ3) is 5.57. The molecule has 0 bridgehead atoms. The molecular formula is C32H27N3O6S. The summed E-state index contributed by atoms with van der Waals surface area (Å²) in [6.07, 6.45) is 2.02. The monoisotopic (exact) mass is 581 g/mol. The number of ether oxygens (including phenoxy) is 4. The second-order valence-corrected chi connectivity index (χ2v) is 10.5. The lowest BCUT2D eigenvalue weighted by molar-refractivity contribution is 0.0990. The van der Waals surface area contributed by atoms with Gasteiger partial charge >= 0.3 is 0 Å². The Labute approximate surface area is 245 Å². The number of aromatic nitrogens is 3. The van der Waals surface area contributed by atoms with Crippen molar-refractivity contribution in [2.75, 3.05) is 14.2 Å². The Morgan fingerprint density at radius 3 is 2.62 bits per heavy atom. The van der Waals surface area contributed by atoms with Crippen LogP contribution in [0, 0.1) is 0 Å². The molecule has 0 spiro atoms. The molecule has 0 atom stereocenters. The molecule has 6 rings (SSSR count). The Bertz CT molecular complexity index is 1900. The number of Topliss-reactive ketones (excluding diaryl/α,β-unsaturated/α-hetero) is 1. The first-order chi connectivity index (χ1) is 20.4. The zero-order valence-corrected chi connectivity index (χ0v) is 24.1. The fourth-order valence-electron chi connectivity index (χ4n) is 4.57. The van der Waals surface area contributed by atoms with Crippen LogP contribution in [-0.4, -0.2) is 34.6 Å². The highest BCUT2D eigenvalue weighted by Gasteiger charge is 2.18. The molecule has 0 amide bonds. The van der Waals surface area contributed by atoms with Crippen molar-refractivity contribution < 1.29 is 28.2 Å². The molecule has 10 heteroatoms. The van der Waals surface area contributed by atoms with Crippen molar-refractivity contribution in [2.24, 2.45) is 0 Å². The van der Waals surface area contributed by atoms with Crippen LogP contribution in [0.3, 0.4) is 0 Å². The van der Waals surface area contributed by atoms with E-state index in [0.717, 1.165) is 16.5 Å². The molecule has 0 saturated carbocycles. The largest absolute Gasteiger partial charge is 0.496 e. The lowest BCUT2D eigenvalue weighted by Gasteiger charge is -2.11. The van der Waals surface area contributed by atoms with Crippen LogP contribution in [0.5, 0.6) is 22.4 Å². The third-order valence-electron chi connectivity index (χ3n) is 6.48. The summed E-state index contributed by atoms with van der Waals surface area (Å²) in [7, 11) is 3.17. The van der Waals surface area contributed by atoms with Crippen LogP contribution < -0.4 is 18.9 Å². The number of para-hydroxylation sites is 1. The highest BCUT2D eigenvalue weighted by atomic mass is 32.1. The van der Waals surface area contributed by atoms with E-state index in [1.165, 1.54) is 11.3 Å². The van der Waals surface area contributed by atoms with Gasteiger partial charge < -0.3 is 23.4 Å². The number of furan rings is 1. The molecule has 0 N–H and O–H groups in total. The van der Waals surface area contributed by atoms with Crippen molar-refractivity contribution in [2.45, 2.75) is 20.0 Å². The van der Waals surface area contributed by atoms with E-state index in [4.69, 9.17) is 23.4 Å². The van der Waals surface area contributed by atoms with Crippen LogP contribution in [0.4, 0.5) is 0 Å². The van der Waals surface area contributed by atoms with E-state index in [1.807, 2.05) is 54.6 Å². The maximum atomic E-state index is 13.1. The van der Waals surface area contributed by atoms with Crippen molar-refractivity contribution in [3.05, 3.63) is 102 Å². The summed E-state index contributed by atoms with van der Waals surface area (Å²) in [5.74, 6) is 2.77. The number of hydrogen-bond acceptors (Lipinski definition) is 9. The number of ketones is 1. The molecule has 6 aromatic rings. The highest BCUT2D eigenvalue weighted by molar-refractivity contribution is 7.18. The van der Waals surface area contributed by atoms with Crippen molar-refractivity contribution >= 4 is 33.1 Å². The Kier molecular flexibility index (Phi) is 7.37. The molecular weight excluding hydrogens is 554 g/mol. The number of methoxy groups -OCH3 is 2. The second-order valence-electron chi connectivity index (χ2n) is 9.58. The molecule has 0 aliphatic heterocycles. The van der Waals surface area contributed by atoms with Crippen LogP contribution in [0.15, 0.2) is 89.7 Å². The number of imidazole rings is 1. The van der Waals surface area contributed by atoms with Gasteiger partial charge in [0.15, 0.2) is 11.5 Å². The summed E-state index contributed by atoms with van der Waals surface area (Å²) in [4.78, 5) is 18.5. The SMILES string of the molecule is C=C(C)Oc1ccccc1C(=O)Cc1cccc(COc2cc(OC)cc3oc(-c4cn5nc(OC)sc5n4)cc23)c1. The summed E-state index contributed by atoms with van der Waals surface area (Å²) in [6, 6.07) is 20.5. The Balaban J connectivity index is 1.22. The minimum Gasteiger partial charge on any atom is -0.496 e. The first kappa shape index (κ1) is 27.1. The molecule has 0 fully saturated rings. The summed E-state index contributed by atoms with van der Waals surface area (Å²) in [5.41, 5.74) is 3.56. The van der Waals surface area contributed by atoms with Crippen LogP contribution in [0.2, 0.25) is 0 Å². The van der Waals surface area contributed by atoms with E-state index in [1.54, 1.807) is 44.0 Å². The summed E-state index contributed by atoms with van der Waals surface area (Å²) in [6.45, 7) is 5.81. The van der Waals surface area contributed by atoms with Gasteiger partial charge in [-0.25, -0.2) is 9.50 Å². The molecule has 0 saturated heterocycles. The Hall–Kier alpha value is -5.09. The van der Waals surface area contributed by atoms with E-state index >= 15 is 0 Å². The van der Waals surface area contributed by atoms with Gasteiger partial charge in [0.25, 0.3) is 5.19 Å². The van der Waals surface area contributed by atoms with Crippen LogP contribution >= 0.6 is 11.3 Å². The first-order valence-electron chi connectivity index (χ1n) is 13.1. The highest BCUT2D eigenvalue weighted by Crippen LogP contribution is 2.37. The molecule has 3 heterocycles. The standard InChI is InChI=1S/C32H27N3O6S/c1-19(2)40-27-11-6-5-10-23(27)26(36)13-20-8-7-9-21(12-20)18-39-28-14-22(37-3)15-29-24(28)16-30(41-29)25-17-35-31(33-25)42-32(34-35)38-4/h5-12,14-17H,1,13,18H2,2-4H3. The van der Waals surface area contributed by atoms with Gasteiger partial charge in [0, 0.05) is 18.6 Å². The van der Waals surface area contributed by atoms with Crippen molar-refractivity contribution in [3.8, 4) is 33.9 Å². The van der Waals surface area contributed by atoms with Gasteiger partial charge in [-0.15, -0.1) is 5.10 Å². The number of benzene rings is 3. The van der Waals surface area contributed by atoms with Gasteiger partial charge in [-0.3, -0.25) is 4.79 Å². The zero-order valence-electron chi connectivity index (χ0n) is 23.2. The van der Waals surface area contributed by atoms with E-state index in [9.17, 15) is 4.79 Å². The molecule has 0 radical (unpaired) electrons. The van der Waals surface area contributed by atoms with Crippen LogP contribution in [0.1, 0.15) is 28.4 Å². The summed E-state index contributed by atoms with van der Waals surface area (Å²) in [5, 5.41) is 5.65. The summed E-state index contributed by atoms with van der Waals surface area (Å²) < 4.78 is 30.4. The smallest absolute Gasteiger partial charge is 0.294 e. The molecule has 212 valence electrons. The average molecular weight is 582 g/mol. The molecule has 0 unspecified atom stereocenters. The molecule has 42 heavy (non-hydrogen) atoms. The first-order valence-corrected chi connectivity index (χ1v) is 13.9. The van der Waals surface area contributed by atoms with Gasteiger partial charge in [-0.1, -0.05) is 43.0 Å². The number of hydrogen-bond donors (Lipinski definition) is 0. The lowest BCUT2D eigenvalue weighted by Crippen LogP contribution is -2.07. The number of fused-ring (bicyclic) bond motifs is 2. The minimum absolute atomic E-state index is 0.0434. The van der Waals surface area contributed by atoms with E-state index in [0.29, 0.717) is 55.8 Å². The normalized spacial score (nSPS) is 11.1. The number of allylic oxidation sites excluding steroid dienone is 1. The number of nitrogens with zero attached hydrogens (tertiary/aromatic N) is 3. The van der Waals surface area contributed by atoms with E-state index < -0.39 is 0 Å². The lowest BCUT2D eigenvalue weighted by atomic mass is 10.0. The number of carbonyl (C=O) groups is 1. The maximum absolute atomic E-state index is 13.1. The third-order valence-corrected chi connectivity index (χ3v) is 7.37. The van der Waals surface area contributed by atoms with Gasteiger partial charge in [0.2, 0.25) is 4.96 Å². The number of rotatable bonds is 11. The predicted molar refractivity (Wildman–Crippen MR) is 160 cm³/mol. The quantitative estimate of drug-likeness (QED) is 0.118. The zero-order chi connectivity index (χ0) is 29.2. The molecule has 3 aromatic heterocycles. The van der Waals surface area contributed by atoms with Gasteiger partial charge in [0.1, 0.15) is 35.1 Å². The van der Waals surface area contributed by atoms with E-state index in [-0.39, 0.29) is 18.8 Å². The van der Waals surface area contributed by atoms with Crippen molar-refractivity contribution in [1.82, 2.24) is 14.6 Å². The van der Waals surface area contributed by atoms with E-state index in [2.05, 4.69) is 16.7 Å². The molecule has 9 nitrogen and oxygen atoms in total. The summed E-state index contributed by atoms with van der Waals surface area (Å²) >= 11 is 1.34. The minimum atomic E-state index is -0.0434. The van der Waals surface area contributed by atoms with Crippen LogP contribution in [0.25, 0.3) is 27.4 Å². The second kappa shape index (κ2) is 11.4. The fraction of sp³-hybridized carbons (Fsp3) is 0.156. The molecule has 0 aliphatic carbocycles. The van der Waals surface area contributed by atoms with Gasteiger partial charge in [-0.2, -0.15) is 0 Å². The van der Waals surface area contributed by atoms with Gasteiger partial charge in [-0.05, 0) is 47.6 Å². The Morgan fingerprint density at radius 2 is 1.83 bits per heavy atom. The van der Waals surface area contributed by atoms with Crippen LogP contribution in [-0.2, 0) is 13.0 Å². The molecule has 3 aromatic carbocycles. The van der Waals surface area contributed by atoms with Gasteiger partial charge in [0.05, 0.1) is 37.1 Å². The fourth-order valence-corrected chi connectivity index (χ4v) is 5.27. The maximum Gasteiger partial charge on any atom is 0.294 e. The predicted octanol–water partition coefficient (Wildman–Crippen LogP) is 7.14. The topological polar surface area (TPSA) is 97.3 Å². The number of carbonyl (C=O) groups excluding carboxylic acids is 1.